The monoisotopic (exact) mass is 297 g/mol. The average molecular weight is 297 g/mol. The topological polar surface area (TPSA) is 110 Å². The third kappa shape index (κ3) is 2.64. The second-order valence-electron chi connectivity index (χ2n) is 5.08. The minimum absolute atomic E-state index is 0.114. The highest BCUT2D eigenvalue weighted by molar-refractivity contribution is 7.19. The number of thiophene rings is 1. The molecule has 2 rings (SSSR count). The van der Waals surface area contributed by atoms with Gasteiger partial charge >= 0.3 is 0 Å². The molecule has 5 N–H and O–H groups in total. The molecule has 2 heterocycles. The molecule has 7 heteroatoms. The molecule has 1 atom stereocenters. The van der Waals surface area contributed by atoms with E-state index in [1.807, 2.05) is 4.90 Å². The maximum absolute atomic E-state index is 11.6. The molecule has 0 radical (unpaired) electrons. The van der Waals surface area contributed by atoms with Crippen LogP contribution in [0.25, 0.3) is 0 Å². The summed E-state index contributed by atoms with van der Waals surface area (Å²) in [5.74, 6) is -0.613. The number of carbonyl (C=O) groups excluding carboxylic acids is 2. The molecule has 1 aliphatic rings. The minimum atomic E-state index is -0.618. The Kier molecular flexibility index (Phi) is 4.29. The number of hydrogen-bond donors (Lipinski definition) is 3. The number of piperidine rings is 1. The molecule has 0 spiro atoms. The lowest BCUT2D eigenvalue weighted by molar-refractivity contribution is 0.100. The first-order valence-corrected chi connectivity index (χ1v) is 7.36. The van der Waals surface area contributed by atoms with Crippen molar-refractivity contribution < 1.29 is 14.7 Å². The van der Waals surface area contributed by atoms with Gasteiger partial charge in [0.15, 0.2) is 5.78 Å². The summed E-state index contributed by atoms with van der Waals surface area (Å²) in [5.41, 5.74) is 11.7. The summed E-state index contributed by atoms with van der Waals surface area (Å²) in [6, 6.07) is 0. The van der Waals surface area contributed by atoms with Crippen LogP contribution in [0.1, 0.15) is 39.8 Å². The number of ketones is 1. The van der Waals surface area contributed by atoms with Crippen molar-refractivity contribution in [2.45, 2.75) is 19.8 Å². The first-order chi connectivity index (χ1) is 9.45. The van der Waals surface area contributed by atoms with E-state index in [0.29, 0.717) is 16.4 Å². The Balaban J connectivity index is 2.42. The highest BCUT2D eigenvalue weighted by Crippen LogP contribution is 2.39. The van der Waals surface area contributed by atoms with Crippen molar-refractivity contribution >= 4 is 33.7 Å². The number of anilines is 2. The molecule has 1 aromatic rings. The molecule has 0 saturated carbocycles. The SMILES string of the molecule is CC(=O)c1sc(N2CCCC(CO)C2)c(C(N)=O)c1N. The van der Waals surface area contributed by atoms with Crippen LogP contribution in [0, 0.1) is 5.92 Å². The van der Waals surface area contributed by atoms with Gasteiger partial charge in [0.25, 0.3) is 5.91 Å². The Hall–Kier alpha value is -1.60. The zero-order valence-electron chi connectivity index (χ0n) is 11.4. The maximum Gasteiger partial charge on any atom is 0.253 e. The van der Waals surface area contributed by atoms with Gasteiger partial charge in [-0.3, -0.25) is 9.59 Å². The standard InChI is InChI=1S/C13H19N3O3S/c1-7(18)11-10(14)9(12(15)19)13(20-11)16-4-2-3-8(5-16)6-17/h8,17H,2-6,14H2,1H3,(H2,15,19). The van der Waals surface area contributed by atoms with Crippen LogP contribution in [0.4, 0.5) is 10.7 Å². The van der Waals surface area contributed by atoms with Crippen LogP contribution in [-0.2, 0) is 0 Å². The van der Waals surface area contributed by atoms with E-state index in [2.05, 4.69) is 0 Å². The normalized spacial score (nSPS) is 19.1. The van der Waals surface area contributed by atoms with Gasteiger partial charge in [0.2, 0.25) is 0 Å². The first-order valence-electron chi connectivity index (χ1n) is 6.54. The van der Waals surface area contributed by atoms with Crippen LogP contribution in [0.3, 0.4) is 0 Å². The van der Waals surface area contributed by atoms with Gasteiger partial charge in [-0.15, -0.1) is 11.3 Å². The third-order valence-electron chi connectivity index (χ3n) is 3.56. The van der Waals surface area contributed by atoms with E-state index in [1.165, 1.54) is 18.3 Å². The van der Waals surface area contributed by atoms with Crippen molar-refractivity contribution in [3.63, 3.8) is 0 Å². The minimum Gasteiger partial charge on any atom is -0.397 e. The Labute approximate surface area is 121 Å². The van der Waals surface area contributed by atoms with Crippen LogP contribution in [-0.4, -0.2) is 36.5 Å². The molecule has 0 bridgehead atoms. The Morgan fingerprint density at radius 1 is 1.50 bits per heavy atom. The second kappa shape index (κ2) is 5.80. The predicted octanol–water partition coefficient (Wildman–Crippen LogP) is 0.841. The van der Waals surface area contributed by atoms with E-state index >= 15 is 0 Å². The number of aliphatic hydroxyl groups excluding tert-OH is 1. The zero-order valence-corrected chi connectivity index (χ0v) is 12.2. The molecule has 1 unspecified atom stereocenters. The van der Waals surface area contributed by atoms with Crippen LogP contribution in [0.2, 0.25) is 0 Å². The van der Waals surface area contributed by atoms with Gasteiger partial charge in [-0.1, -0.05) is 0 Å². The summed E-state index contributed by atoms with van der Waals surface area (Å²) in [5, 5.41) is 9.94. The molecule has 6 nitrogen and oxygen atoms in total. The Bertz CT molecular complexity index is 541. The van der Waals surface area contributed by atoms with Gasteiger partial charge < -0.3 is 21.5 Å². The average Bonchev–Trinajstić information content (AvgIpc) is 2.76. The summed E-state index contributed by atoms with van der Waals surface area (Å²) in [6.45, 7) is 2.95. The van der Waals surface area contributed by atoms with Crippen molar-refractivity contribution in [2.75, 3.05) is 30.3 Å². The van der Waals surface area contributed by atoms with E-state index in [1.54, 1.807) is 0 Å². The number of carbonyl (C=O) groups is 2. The van der Waals surface area contributed by atoms with Crippen LogP contribution in [0.5, 0.6) is 0 Å². The van der Waals surface area contributed by atoms with Crippen molar-refractivity contribution in [1.29, 1.82) is 0 Å². The maximum atomic E-state index is 11.6. The number of nitrogens with two attached hydrogens (primary N) is 2. The first kappa shape index (κ1) is 14.8. The fourth-order valence-electron chi connectivity index (χ4n) is 2.55. The number of nitrogens with zero attached hydrogens (tertiary/aromatic N) is 1. The summed E-state index contributed by atoms with van der Waals surface area (Å²) in [4.78, 5) is 25.6. The van der Waals surface area contributed by atoms with E-state index in [0.717, 1.165) is 19.4 Å². The van der Waals surface area contributed by atoms with E-state index in [4.69, 9.17) is 11.5 Å². The molecule has 20 heavy (non-hydrogen) atoms. The summed E-state index contributed by atoms with van der Waals surface area (Å²) >= 11 is 1.21. The van der Waals surface area contributed by atoms with Crippen molar-refractivity contribution in [3.8, 4) is 0 Å². The predicted molar refractivity (Wildman–Crippen MR) is 79.3 cm³/mol. The van der Waals surface area contributed by atoms with Gasteiger partial charge in [-0.2, -0.15) is 0 Å². The number of rotatable bonds is 4. The van der Waals surface area contributed by atoms with E-state index < -0.39 is 5.91 Å². The smallest absolute Gasteiger partial charge is 0.253 e. The van der Waals surface area contributed by atoms with Crippen molar-refractivity contribution in [3.05, 3.63) is 10.4 Å². The largest absolute Gasteiger partial charge is 0.397 e. The second-order valence-corrected chi connectivity index (χ2v) is 6.08. The fraction of sp³-hybridized carbons (Fsp3) is 0.538. The van der Waals surface area contributed by atoms with Gasteiger partial charge in [-0.25, -0.2) is 0 Å². The molecule has 1 saturated heterocycles. The van der Waals surface area contributed by atoms with Gasteiger partial charge in [0.05, 0.1) is 16.1 Å². The third-order valence-corrected chi connectivity index (χ3v) is 4.92. The van der Waals surface area contributed by atoms with Crippen LogP contribution >= 0.6 is 11.3 Å². The van der Waals surface area contributed by atoms with Crippen molar-refractivity contribution in [2.24, 2.45) is 11.7 Å². The molecular formula is C13H19N3O3S. The zero-order chi connectivity index (χ0) is 14.9. The quantitative estimate of drug-likeness (QED) is 0.713. The number of amides is 1. The van der Waals surface area contributed by atoms with E-state index in [-0.39, 0.29) is 29.6 Å². The van der Waals surface area contributed by atoms with Crippen LogP contribution in [0.15, 0.2) is 0 Å². The molecule has 110 valence electrons. The Morgan fingerprint density at radius 2 is 2.20 bits per heavy atom. The Morgan fingerprint density at radius 3 is 2.75 bits per heavy atom. The number of Topliss-reactive ketones (excluding diaryl/α,β-unsaturated/α-hetero) is 1. The summed E-state index contributed by atoms with van der Waals surface area (Å²) in [6.07, 6.45) is 1.88. The molecule has 1 aromatic heterocycles. The highest BCUT2D eigenvalue weighted by Gasteiger charge is 2.28. The van der Waals surface area contributed by atoms with Gasteiger partial charge in [0.1, 0.15) is 5.00 Å². The highest BCUT2D eigenvalue weighted by atomic mass is 32.1. The number of hydrogen-bond acceptors (Lipinski definition) is 6. The molecule has 0 aromatic carbocycles. The van der Waals surface area contributed by atoms with Gasteiger partial charge in [0, 0.05) is 26.6 Å². The summed E-state index contributed by atoms with van der Waals surface area (Å²) in [7, 11) is 0. The number of primary amides is 1. The lowest BCUT2D eigenvalue weighted by Crippen LogP contribution is -2.37. The molecule has 1 fully saturated rings. The lowest BCUT2D eigenvalue weighted by atomic mass is 9.99. The summed E-state index contributed by atoms with van der Waals surface area (Å²) < 4.78 is 0. The lowest BCUT2D eigenvalue weighted by Gasteiger charge is -2.33. The molecular weight excluding hydrogens is 278 g/mol. The number of aliphatic hydroxyl groups is 1. The fourth-order valence-corrected chi connectivity index (χ4v) is 3.71. The van der Waals surface area contributed by atoms with Gasteiger partial charge in [-0.05, 0) is 18.8 Å². The van der Waals surface area contributed by atoms with Crippen LogP contribution < -0.4 is 16.4 Å². The molecule has 1 aliphatic heterocycles. The van der Waals surface area contributed by atoms with Crippen molar-refractivity contribution in [1.82, 2.24) is 0 Å². The molecule has 1 amide bonds. The van der Waals surface area contributed by atoms with E-state index in [9.17, 15) is 14.7 Å². The number of nitrogen functional groups attached to an aromatic ring is 1. The molecule has 0 aliphatic carbocycles.